The number of carboxylic acid groups (broad SMARTS) is 1. The van der Waals surface area contributed by atoms with Gasteiger partial charge in [-0.1, -0.05) is 24.3 Å². The average molecular weight is 579 g/mol. The van der Waals surface area contributed by atoms with Crippen molar-refractivity contribution in [2.45, 2.75) is 18.4 Å². The maximum Gasteiger partial charge on any atom is 0.356 e. The molecule has 0 aliphatic rings. The molecule has 3 aromatic heterocycles. The number of para-hydroxylation sites is 1. The second kappa shape index (κ2) is 11.2. The van der Waals surface area contributed by atoms with E-state index >= 15 is 0 Å². The lowest BCUT2D eigenvalue weighted by Crippen LogP contribution is -2.24. The first kappa shape index (κ1) is 26.9. The van der Waals surface area contributed by atoms with Crippen molar-refractivity contribution >= 4 is 38.9 Å². The van der Waals surface area contributed by atoms with Crippen LogP contribution in [-0.4, -0.2) is 35.2 Å². The van der Waals surface area contributed by atoms with Crippen LogP contribution >= 0.6 is 11.3 Å². The number of carbonyl (C=O) groups is 2. The Morgan fingerprint density at radius 3 is 2.55 bits per heavy atom. The summed E-state index contributed by atoms with van der Waals surface area (Å²) < 4.78 is 42.1. The van der Waals surface area contributed by atoms with Crippen LogP contribution in [0, 0.1) is 6.92 Å². The monoisotopic (exact) mass is 578 g/mol. The third-order valence-electron chi connectivity index (χ3n) is 5.73. The SMILES string of the molecule is Cc1c(C(=O)O)nn(-c2ccccc2)c1Oc1ccc(NC(=O)c2cccs2)cc1S(=O)(=O)NCc1ccco1. The molecule has 0 aliphatic heterocycles. The molecular weight excluding hydrogens is 556 g/mol. The van der Waals surface area contributed by atoms with Crippen molar-refractivity contribution in [3.8, 4) is 17.3 Å². The maximum atomic E-state index is 13.5. The van der Waals surface area contributed by atoms with Gasteiger partial charge in [0.25, 0.3) is 5.91 Å². The first-order valence-corrected chi connectivity index (χ1v) is 14.2. The Labute approximate surface area is 232 Å². The minimum atomic E-state index is -4.23. The lowest BCUT2D eigenvalue weighted by atomic mass is 10.2. The number of carboxylic acids is 1. The van der Waals surface area contributed by atoms with Crippen molar-refractivity contribution in [3.05, 3.63) is 106 Å². The van der Waals surface area contributed by atoms with Crippen LogP contribution in [-0.2, 0) is 16.6 Å². The molecule has 0 spiro atoms. The standard InChI is InChI=1S/C27H22N4O7S2/c1-17-24(27(33)34)30-31(19-7-3-2-4-8-19)26(17)38-21-12-11-18(29-25(32)22-10-6-14-39-22)15-23(21)40(35,36)28-16-20-9-5-13-37-20/h2-15,28H,16H2,1H3,(H,29,32)(H,33,34). The Kier molecular flexibility index (Phi) is 7.51. The molecule has 40 heavy (non-hydrogen) atoms. The van der Waals surface area contributed by atoms with E-state index in [1.54, 1.807) is 60.0 Å². The van der Waals surface area contributed by atoms with Crippen molar-refractivity contribution in [1.29, 1.82) is 0 Å². The van der Waals surface area contributed by atoms with Crippen LogP contribution in [0.25, 0.3) is 5.69 Å². The molecule has 3 N–H and O–H groups in total. The number of ether oxygens (including phenoxy) is 1. The van der Waals surface area contributed by atoms with Crippen LogP contribution in [0.15, 0.2) is 93.8 Å². The summed E-state index contributed by atoms with van der Waals surface area (Å²) >= 11 is 1.24. The number of aromatic carboxylic acids is 1. The quantitative estimate of drug-likeness (QED) is 0.208. The molecule has 11 nitrogen and oxygen atoms in total. The number of aromatic nitrogens is 2. The number of hydrogen-bond acceptors (Lipinski definition) is 8. The molecule has 0 unspecified atom stereocenters. The number of rotatable bonds is 10. The molecule has 2 aromatic carbocycles. The first-order chi connectivity index (χ1) is 19.2. The van der Waals surface area contributed by atoms with E-state index in [2.05, 4.69) is 15.1 Å². The largest absolute Gasteiger partial charge is 0.476 e. The molecule has 0 aliphatic carbocycles. The van der Waals surface area contributed by atoms with E-state index in [1.807, 2.05) is 0 Å². The number of amides is 1. The zero-order valence-corrected chi connectivity index (χ0v) is 22.5. The van der Waals surface area contributed by atoms with E-state index in [4.69, 9.17) is 9.15 Å². The third-order valence-corrected chi connectivity index (χ3v) is 8.02. The van der Waals surface area contributed by atoms with E-state index in [9.17, 15) is 23.1 Å². The Hall–Kier alpha value is -4.72. The van der Waals surface area contributed by atoms with E-state index < -0.39 is 21.9 Å². The second-order valence-electron chi connectivity index (χ2n) is 8.43. The van der Waals surface area contributed by atoms with Crippen molar-refractivity contribution < 1.29 is 32.3 Å². The van der Waals surface area contributed by atoms with Gasteiger partial charge < -0.3 is 19.6 Å². The van der Waals surface area contributed by atoms with Crippen LogP contribution in [0.1, 0.15) is 31.5 Å². The number of nitrogens with zero attached hydrogens (tertiary/aromatic N) is 2. The number of nitrogens with one attached hydrogen (secondary N) is 2. The van der Waals surface area contributed by atoms with Gasteiger partial charge in [0.05, 0.1) is 23.4 Å². The van der Waals surface area contributed by atoms with Gasteiger partial charge >= 0.3 is 5.97 Å². The van der Waals surface area contributed by atoms with Crippen molar-refractivity contribution in [2.24, 2.45) is 0 Å². The summed E-state index contributed by atoms with van der Waals surface area (Å²) in [6, 6.07) is 19.5. The molecule has 0 radical (unpaired) electrons. The summed E-state index contributed by atoms with van der Waals surface area (Å²) in [6.07, 6.45) is 1.42. The zero-order chi connectivity index (χ0) is 28.3. The van der Waals surface area contributed by atoms with Gasteiger partial charge in [-0.05, 0) is 60.8 Å². The number of thiophene rings is 1. The van der Waals surface area contributed by atoms with Gasteiger partial charge in [0.2, 0.25) is 15.9 Å². The van der Waals surface area contributed by atoms with Crippen LogP contribution in [0.2, 0.25) is 0 Å². The summed E-state index contributed by atoms with van der Waals surface area (Å²) in [4.78, 5) is 24.6. The highest BCUT2D eigenvalue weighted by Gasteiger charge is 2.27. The number of benzene rings is 2. The smallest absolute Gasteiger partial charge is 0.356 e. The molecule has 3 heterocycles. The van der Waals surface area contributed by atoms with Gasteiger partial charge in [-0.2, -0.15) is 9.78 Å². The first-order valence-electron chi connectivity index (χ1n) is 11.8. The number of sulfonamides is 1. The summed E-state index contributed by atoms with van der Waals surface area (Å²) in [5, 5.41) is 18.3. The molecule has 0 saturated carbocycles. The number of anilines is 1. The molecule has 0 saturated heterocycles. The van der Waals surface area contributed by atoms with Crippen LogP contribution in [0.5, 0.6) is 11.6 Å². The Morgan fingerprint density at radius 1 is 1.07 bits per heavy atom. The minimum absolute atomic E-state index is 0.0152. The molecule has 5 aromatic rings. The molecule has 0 atom stereocenters. The normalized spacial score (nSPS) is 11.3. The topological polar surface area (TPSA) is 153 Å². The molecule has 1 amide bonds. The lowest BCUT2D eigenvalue weighted by Gasteiger charge is -2.15. The fraction of sp³-hybridized carbons (Fsp3) is 0.0741. The number of furan rings is 1. The molecule has 0 bridgehead atoms. The molecule has 0 fully saturated rings. The van der Waals surface area contributed by atoms with Gasteiger partial charge in [-0.3, -0.25) is 4.79 Å². The van der Waals surface area contributed by atoms with Gasteiger partial charge in [0.1, 0.15) is 16.4 Å². The van der Waals surface area contributed by atoms with Gasteiger partial charge in [0.15, 0.2) is 5.69 Å². The van der Waals surface area contributed by atoms with E-state index in [-0.39, 0.29) is 40.0 Å². The van der Waals surface area contributed by atoms with Gasteiger partial charge in [-0.15, -0.1) is 11.3 Å². The predicted octanol–water partition coefficient (Wildman–Crippen LogP) is 5.06. The van der Waals surface area contributed by atoms with Crippen LogP contribution in [0.4, 0.5) is 5.69 Å². The predicted molar refractivity (Wildman–Crippen MR) is 147 cm³/mol. The third kappa shape index (κ3) is 5.66. The Balaban J connectivity index is 1.57. The number of hydrogen-bond donors (Lipinski definition) is 3. The highest BCUT2D eigenvalue weighted by molar-refractivity contribution is 7.89. The Morgan fingerprint density at radius 2 is 1.88 bits per heavy atom. The zero-order valence-electron chi connectivity index (χ0n) is 20.9. The second-order valence-corrected chi connectivity index (χ2v) is 11.1. The molecule has 204 valence electrons. The van der Waals surface area contributed by atoms with E-state index in [1.165, 1.54) is 47.4 Å². The van der Waals surface area contributed by atoms with Gasteiger partial charge in [-0.25, -0.2) is 17.9 Å². The summed E-state index contributed by atoms with van der Waals surface area (Å²) in [7, 11) is -4.23. The minimum Gasteiger partial charge on any atom is -0.476 e. The average Bonchev–Trinajstić information content (AvgIpc) is 3.72. The lowest BCUT2D eigenvalue weighted by molar-refractivity contribution is 0.0689. The summed E-state index contributed by atoms with van der Waals surface area (Å²) in [5.74, 6) is -1.38. The number of carbonyl (C=O) groups excluding carboxylic acids is 1. The highest BCUT2D eigenvalue weighted by atomic mass is 32.2. The van der Waals surface area contributed by atoms with Crippen LogP contribution < -0.4 is 14.8 Å². The van der Waals surface area contributed by atoms with Crippen molar-refractivity contribution in [3.63, 3.8) is 0 Å². The highest BCUT2D eigenvalue weighted by Crippen LogP contribution is 2.35. The van der Waals surface area contributed by atoms with Crippen LogP contribution in [0.3, 0.4) is 0 Å². The van der Waals surface area contributed by atoms with Crippen molar-refractivity contribution in [1.82, 2.24) is 14.5 Å². The summed E-state index contributed by atoms with van der Waals surface area (Å²) in [6.45, 7) is 1.38. The molecule has 5 rings (SSSR count). The van der Waals surface area contributed by atoms with E-state index in [0.717, 1.165) is 0 Å². The van der Waals surface area contributed by atoms with E-state index in [0.29, 0.717) is 16.3 Å². The van der Waals surface area contributed by atoms with Crippen molar-refractivity contribution in [2.75, 3.05) is 5.32 Å². The maximum absolute atomic E-state index is 13.5. The molecule has 13 heteroatoms. The summed E-state index contributed by atoms with van der Waals surface area (Å²) in [5.41, 5.74) is 0.661. The fourth-order valence-corrected chi connectivity index (χ4v) is 5.55. The molecular formula is C27H22N4O7S2. The van der Waals surface area contributed by atoms with Gasteiger partial charge in [0, 0.05) is 11.3 Å². The fourth-order valence-electron chi connectivity index (χ4n) is 3.79. The Bertz CT molecular complexity index is 1760.